The Morgan fingerprint density at radius 1 is 1.40 bits per heavy atom. The highest BCUT2D eigenvalue weighted by Crippen LogP contribution is 2.30. The normalized spacial score (nSPS) is 13.3. The Morgan fingerprint density at radius 2 is 2.12 bits per heavy atom. The SMILES string of the molecule is CCNC(=NCc1nc(C(F)(F)F)cs1)NC(C)c1ccc(C)o1.I. The molecular weight excluding hydrogens is 468 g/mol. The minimum Gasteiger partial charge on any atom is -0.464 e. The molecular formula is C15H20F3IN4OS. The Kier molecular flexibility index (Phi) is 8.19. The number of aromatic nitrogens is 1. The second-order valence-corrected chi connectivity index (χ2v) is 6.08. The fraction of sp³-hybridized carbons (Fsp3) is 0.467. The number of alkyl halides is 3. The lowest BCUT2D eigenvalue weighted by Gasteiger charge is -2.15. The molecule has 5 nitrogen and oxygen atoms in total. The van der Waals surface area contributed by atoms with Crippen molar-refractivity contribution in [3.8, 4) is 0 Å². The highest BCUT2D eigenvalue weighted by molar-refractivity contribution is 14.0. The van der Waals surface area contributed by atoms with Gasteiger partial charge in [0.25, 0.3) is 0 Å². The van der Waals surface area contributed by atoms with E-state index < -0.39 is 11.9 Å². The minimum atomic E-state index is -4.42. The molecule has 1 atom stereocenters. The van der Waals surface area contributed by atoms with E-state index in [1.165, 1.54) is 0 Å². The van der Waals surface area contributed by atoms with Crippen LogP contribution in [0.5, 0.6) is 0 Å². The van der Waals surface area contributed by atoms with Crippen LogP contribution in [0.4, 0.5) is 13.2 Å². The van der Waals surface area contributed by atoms with Gasteiger partial charge in [0, 0.05) is 11.9 Å². The number of hydrogen-bond acceptors (Lipinski definition) is 4. The Hall–Kier alpha value is -1.30. The summed E-state index contributed by atoms with van der Waals surface area (Å²) in [6, 6.07) is 3.61. The Balaban J connectivity index is 0.00000312. The number of aliphatic imine (C=N–C) groups is 1. The third kappa shape index (κ3) is 6.49. The number of nitrogens with one attached hydrogen (secondary N) is 2. The molecule has 0 bridgehead atoms. The molecule has 0 fully saturated rings. The van der Waals surface area contributed by atoms with Crippen LogP contribution < -0.4 is 10.6 Å². The van der Waals surface area contributed by atoms with Gasteiger partial charge in [-0.3, -0.25) is 0 Å². The summed E-state index contributed by atoms with van der Waals surface area (Å²) in [6.45, 7) is 6.37. The van der Waals surface area contributed by atoms with Crippen molar-refractivity contribution in [1.82, 2.24) is 15.6 Å². The number of nitrogens with zero attached hydrogens (tertiary/aromatic N) is 2. The first kappa shape index (κ1) is 21.7. The molecule has 0 amide bonds. The second kappa shape index (κ2) is 9.41. The van der Waals surface area contributed by atoms with Gasteiger partial charge in [-0.25, -0.2) is 9.98 Å². The van der Waals surface area contributed by atoms with Crippen molar-refractivity contribution in [3.63, 3.8) is 0 Å². The molecule has 2 N–H and O–H groups in total. The number of aryl methyl sites for hydroxylation is 1. The molecule has 2 heterocycles. The molecule has 2 rings (SSSR count). The molecule has 0 saturated carbocycles. The van der Waals surface area contributed by atoms with Gasteiger partial charge in [-0.05, 0) is 32.9 Å². The van der Waals surface area contributed by atoms with Gasteiger partial charge in [0.1, 0.15) is 16.5 Å². The first-order valence-electron chi connectivity index (χ1n) is 7.42. The summed E-state index contributed by atoms with van der Waals surface area (Å²) < 4.78 is 43.2. The minimum absolute atomic E-state index is 0. The lowest BCUT2D eigenvalue weighted by atomic mass is 10.2. The Morgan fingerprint density at radius 3 is 2.64 bits per heavy atom. The molecule has 25 heavy (non-hydrogen) atoms. The Labute approximate surface area is 165 Å². The van der Waals surface area contributed by atoms with Crippen LogP contribution in [0.15, 0.2) is 26.9 Å². The molecule has 2 aromatic rings. The average molecular weight is 488 g/mol. The zero-order chi connectivity index (χ0) is 17.7. The van der Waals surface area contributed by atoms with Crippen molar-refractivity contribution in [1.29, 1.82) is 0 Å². The Bertz CT molecular complexity index is 699. The van der Waals surface area contributed by atoms with Gasteiger partial charge in [0.15, 0.2) is 11.7 Å². The molecule has 2 aromatic heterocycles. The lowest BCUT2D eigenvalue weighted by Crippen LogP contribution is -2.38. The van der Waals surface area contributed by atoms with Crippen LogP contribution in [0, 0.1) is 6.92 Å². The van der Waals surface area contributed by atoms with Crippen LogP contribution >= 0.6 is 35.3 Å². The van der Waals surface area contributed by atoms with Crippen molar-refractivity contribution in [3.05, 3.63) is 39.7 Å². The summed E-state index contributed by atoms with van der Waals surface area (Å²) in [6.07, 6.45) is -4.42. The van der Waals surface area contributed by atoms with Gasteiger partial charge in [0.2, 0.25) is 0 Å². The molecule has 0 aliphatic heterocycles. The van der Waals surface area contributed by atoms with Crippen LogP contribution in [0.25, 0.3) is 0 Å². The van der Waals surface area contributed by atoms with Gasteiger partial charge >= 0.3 is 6.18 Å². The smallest absolute Gasteiger partial charge is 0.434 e. The summed E-state index contributed by atoms with van der Waals surface area (Å²) in [5.74, 6) is 2.05. The monoisotopic (exact) mass is 488 g/mol. The molecule has 0 radical (unpaired) electrons. The second-order valence-electron chi connectivity index (χ2n) is 5.13. The van der Waals surface area contributed by atoms with E-state index in [1.807, 2.05) is 32.9 Å². The van der Waals surface area contributed by atoms with E-state index >= 15 is 0 Å². The van der Waals surface area contributed by atoms with Crippen LogP contribution in [0.1, 0.15) is 42.1 Å². The van der Waals surface area contributed by atoms with Gasteiger partial charge in [-0.15, -0.1) is 35.3 Å². The number of furan rings is 1. The van der Waals surface area contributed by atoms with E-state index in [0.717, 1.165) is 28.2 Å². The van der Waals surface area contributed by atoms with Gasteiger partial charge in [-0.1, -0.05) is 0 Å². The van der Waals surface area contributed by atoms with E-state index in [2.05, 4.69) is 20.6 Å². The van der Waals surface area contributed by atoms with E-state index in [-0.39, 0.29) is 36.6 Å². The lowest BCUT2D eigenvalue weighted by molar-refractivity contribution is -0.140. The molecule has 10 heteroatoms. The van der Waals surface area contributed by atoms with E-state index in [1.54, 1.807) is 0 Å². The van der Waals surface area contributed by atoms with Crippen LogP contribution in [-0.2, 0) is 12.7 Å². The number of guanidine groups is 1. The molecule has 0 saturated heterocycles. The molecule has 140 valence electrons. The third-order valence-electron chi connectivity index (χ3n) is 3.10. The topological polar surface area (TPSA) is 62.5 Å². The molecule has 1 unspecified atom stereocenters. The predicted octanol–water partition coefficient (Wildman–Crippen LogP) is 4.50. The number of thiazole rings is 1. The summed E-state index contributed by atoms with van der Waals surface area (Å²) in [5, 5.41) is 7.51. The standard InChI is InChI=1S/C15H19F3N4OS.HI/c1-4-19-14(21-10(3)11-6-5-9(2)23-11)20-7-13-22-12(8-24-13)15(16,17)18;/h5-6,8,10H,4,7H2,1-3H3,(H2,19,20,21);1H. The van der Waals surface area contributed by atoms with Crippen LogP contribution in [0.2, 0.25) is 0 Å². The highest BCUT2D eigenvalue weighted by atomic mass is 127. The van der Waals surface area contributed by atoms with Gasteiger partial charge in [-0.2, -0.15) is 13.2 Å². The fourth-order valence-electron chi connectivity index (χ4n) is 1.94. The van der Waals surface area contributed by atoms with Gasteiger partial charge < -0.3 is 15.1 Å². The van der Waals surface area contributed by atoms with Crippen molar-refractivity contribution < 1.29 is 17.6 Å². The first-order valence-corrected chi connectivity index (χ1v) is 8.30. The van der Waals surface area contributed by atoms with Crippen molar-refractivity contribution in [2.75, 3.05) is 6.54 Å². The predicted molar refractivity (Wildman–Crippen MR) is 102 cm³/mol. The maximum absolute atomic E-state index is 12.6. The summed E-state index contributed by atoms with van der Waals surface area (Å²) >= 11 is 0.943. The summed E-state index contributed by atoms with van der Waals surface area (Å²) in [4.78, 5) is 7.85. The van der Waals surface area contributed by atoms with E-state index in [9.17, 15) is 13.2 Å². The number of halogens is 4. The van der Waals surface area contributed by atoms with Crippen molar-refractivity contribution >= 4 is 41.3 Å². The third-order valence-corrected chi connectivity index (χ3v) is 3.93. The van der Waals surface area contributed by atoms with Gasteiger partial charge in [0.05, 0.1) is 12.6 Å². The number of rotatable bonds is 5. The fourth-order valence-corrected chi connectivity index (χ4v) is 2.67. The molecule has 0 spiro atoms. The van der Waals surface area contributed by atoms with Crippen molar-refractivity contribution in [2.24, 2.45) is 4.99 Å². The van der Waals surface area contributed by atoms with Crippen LogP contribution in [-0.4, -0.2) is 17.5 Å². The average Bonchev–Trinajstić information content (AvgIpc) is 3.13. The van der Waals surface area contributed by atoms with E-state index in [4.69, 9.17) is 4.42 Å². The number of hydrogen-bond donors (Lipinski definition) is 2. The highest BCUT2D eigenvalue weighted by Gasteiger charge is 2.33. The largest absolute Gasteiger partial charge is 0.464 e. The molecule has 0 aliphatic carbocycles. The molecule has 0 aromatic carbocycles. The summed E-state index contributed by atoms with van der Waals surface area (Å²) in [7, 11) is 0. The molecule has 0 aliphatic rings. The maximum Gasteiger partial charge on any atom is 0.434 e. The quantitative estimate of drug-likeness (QED) is 0.370. The first-order chi connectivity index (χ1) is 11.3. The maximum atomic E-state index is 12.6. The zero-order valence-electron chi connectivity index (χ0n) is 14.0. The summed E-state index contributed by atoms with van der Waals surface area (Å²) in [5.41, 5.74) is -0.880. The zero-order valence-corrected chi connectivity index (χ0v) is 17.1. The van der Waals surface area contributed by atoms with Crippen LogP contribution in [0.3, 0.4) is 0 Å². The van der Waals surface area contributed by atoms with Crippen molar-refractivity contribution in [2.45, 2.75) is 39.5 Å². The van der Waals surface area contributed by atoms with E-state index in [0.29, 0.717) is 17.5 Å².